The highest BCUT2D eigenvalue weighted by molar-refractivity contribution is 6.33. The zero-order valence-electron chi connectivity index (χ0n) is 12.6. The number of nitrogens with one attached hydrogen (secondary N) is 1. The first kappa shape index (κ1) is 14.2. The van der Waals surface area contributed by atoms with E-state index < -0.39 is 0 Å². The lowest BCUT2D eigenvalue weighted by atomic mass is 9.82. The second kappa shape index (κ2) is 5.57. The molecule has 0 bridgehead atoms. The fraction of sp³-hybridized carbons (Fsp3) is 0.647. The van der Waals surface area contributed by atoms with Gasteiger partial charge in [-0.25, -0.2) is 0 Å². The molecule has 1 saturated carbocycles. The van der Waals surface area contributed by atoms with Crippen molar-refractivity contribution in [3.63, 3.8) is 0 Å². The molecular formula is C17H25ClN2. The van der Waals surface area contributed by atoms with Crippen molar-refractivity contribution >= 4 is 17.3 Å². The number of halogens is 1. The van der Waals surface area contributed by atoms with E-state index in [2.05, 4.69) is 42.3 Å². The maximum absolute atomic E-state index is 6.50. The molecule has 0 radical (unpaired) electrons. The van der Waals surface area contributed by atoms with Crippen molar-refractivity contribution < 1.29 is 0 Å². The van der Waals surface area contributed by atoms with Crippen LogP contribution in [0.1, 0.15) is 45.1 Å². The van der Waals surface area contributed by atoms with Gasteiger partial charge >= 0.3 is 0 Å². The van der Waals surface area contributed by atoms with Crippen LogP contribution in [0.3, 0.4) is 0 Å². The highest BCUT2D eigenvalue weighted by atomic mass is 35.5. The Kier molecular flexibility index (Phi) is 3.96. The molecule has 0 unspecified atom stereocenters. The molecule has 1 aromatic rings. The molecule has 1 aliphatic carbocycles. The highest BCUT2D eigenvalue weighted by Crippen LogP contribution is 2.35. The number of benzene rings is 1. The zero-order valence-corrected chi connectivity index (χ0v) is 13.3. The third-order valence-electron chi connectivity index (χ3n) is 4.64. The van der Waals surface area contributed by atoms with Crippen LogP contribution in [0.2, 0.25) is 5.02 Å². The van der Waals surface area contributed by atoms with Crippen LogP contribution in [0.15, 0.2) is 18.2 Å². The first-order chi connectivity index (χ1) is 9.53. The average molecular weight is 293 g/mol. The van der Waals surface area contributed by atoms with Crippen molar-refractivity contribution in [1.29, 1.82) is 0 Å². The van der Waals surface area contributed by atoms with Crippen molar-refractivity contribution in [3.8, 4) is 0 Å². The van der Waals surface area contributed by atoms with Crippen molar-refractivity contribution in [2.75, 3.05) is 18.0 Å². The number of anilines is 1. The molecule has 1 saturated heterocycles. The van der Waals surface area contributed by atoms with E-state index in [4.69, 9.17) is 11.6 Å². The predicted octanol–water partition coefficient (Wildman–Crippen LogP) is 4.22. The molecule has 0 atom stereocenters. The van der Waals surface area contributed by atoms with Gasteiger partial charge in [-0.05, 0) is 48.8 Å². The molecule has 2 nitrogen and oxygen atoms in total. The fourth-order valence-corrected chi connectivity index (χ4v) is 3.14. The summed E-state index contributed by atoms with van der Waals surface area (Å²) in [6.07, 6.45) is 5.15. The summed E-state index contributed by atoms with van der Waals surface area (Å²) >= 11 is 6.50. The van der Waals surface area contributed by atoms with Gasteiger partial charge < -0.3 is 10.2 Å². The standard InChI is InChI=1S/C17H25ClN2/c1-17(2)7-9-20(10-8-17)16-6-3-13(11-15(16)18)12-19-14-4-5-14/h3,6,11,14,19H,4-5,7-10,12H2,1-2H3. The largest absolute Gasteiger partial charge is 0.370 e. The van der Waals surface area contributed by atoms with E-state index in [0.717, 1.165) is 30.7 Å². The first-order valence-electron chi connectivity index (χ1n) is 7.80. The second-order valence-electron chi connectivity index (χ2n) is 7.09. The molecule has 1 N–H and O–H groups in total. The zero-order chi connectivity index (χ0) is 14.2. The topological polar surface area (TPSA) is 15.3 Å². The van der Waals surface area contributed by atoms with E-state index in [9.17, 15) is 0 Å². The second-order valence-corrected chi connectivity index (χ2v) is 7.50. The molecule has 3 heteroatoms. The predicted molar refractivity (Wildman–Crippen MR) is 86.5 cm³/mol. The molecule has 0 spiro atoms. The fourth-order valence-electron chi connectivity index (χ4n) is 2.82. The third-order valence-corrected chi connectivity index (χ3v) is 4.94. The summed E-state index contributed by atoms with van der Waals surface area (Å²) in [5.41, 5.74) is 2.98. The lowest BCUT2D eigenvalue weighted by Gasteiger charge is -2.38. The molecule has 2 fully saturated rings. The molecule has 2 aliphatic rings. The van der Waals surface area contributed by atoms with Crippen LogP contribution in [0.25, 0.3) is 0 Å². The van der Waals surface area contributed by atoms with Crippen molar-refractivity contribution in [2.24, 2.45) is 5.41 Å². The Bertz CT molecular complexity index is 470. The summed E-state index contributed by atoms with van der Waals surface area (Å²) in [4.78, 5) is 2.44. The Labute approximate surface area is 127 Å². The van der Waals surface area contributed by atoms with E-state index in [1.165, 1.54) is 36.9 Å². The van der Waals surface area contributed by atoms with Crippen molar-refractivity contribution in [1.82, 2.24) is 5.32 Å². The Morgan fingerprint density at radius 3 is 2.55 bits per heavy atom. The lowest BCUT2D eigenvalue weighted by molar-refractivity contribution is 0.280. The van der Waals surface area contributed by atoms with Crippen LogP contribution >= 0.6 is 11.6 Å². The highest BCUT2D eigenvalue weighted by Gasteiger charge is 2.26. The molecule has 3 rings (SSSR count). The van der Waals surface area contributed by atoms with E-state index in [-0.39, 0.29) is 0 Å². The summed E-state index contributed by atoms with van der Waals surface area (Å²) < 4.78 is 0. The maximum Gasteiger partial charge on any atom is 0.0642 e. The minimum atomic E-state index is 0.483. The monoisotopic (exact) mass is 292 g/mol. The molecule has 1 aliphatic heterocycles. The maximum atomic E-state index is 6.50. The number of hydrogen-bond donors (Lipinski definition) is 1. The minimum absolute atomic E-state index is 0.483. The van der Waals surface area contributed by atoms with Crippen molar-refractivity contribution in [3.05, 3.63) is 28.8 Å². The van der Waals surface area contributed by atoms with Gasteiger partial charge in [0.1, 0.15) is 0 Å². The summed E-state index contributed by atoms with van der Waals surface area (Å²) in [5, 5.41) is 4.44. The molecule has 0 amide bonds. The molecule has 1 aromatic carbocycles. The van der Waals surface area contributed by atoms with Gasteiger partial charge in [0, 0.05) is 25.7 Å². The SMILES string of the molecule is CC1(C)CCN(c2ccc(CNC3CC3)cc2Cl)CC1. The van der Waals surface area contributed by atoms with Crippen LogP contribution in [-0.2, 0) is 6.54 Å². The molecular weight excluding hydrogens is 268 g/mol. The molecule has 110 valence electrons. The van der Waals surface area contributed by atoms with Gasteiger partial charge in [-0.1, -0.05) is 31.5 Å². The summed E-state index contributed by atoms with van der Waals surface area (Å²) in [5.74, 6) is 0. The number of piperidine rings is 1. The number of rotatable bonds is 4. The van der Waals surface area contributed by atoms with Crippen LogP contribution in [0.5, 0.6) is 0 Å². The summed E-state index contributed by atoms with van der Waals surface area (Å²) in [6.45, 7) is 7.90. The Morgan fingerprint density at radius 1 is 1.25 bits per heavy atom. The van der Waals surface area contributed by atoms with Gasteiger partial charge in [-0.15, -0.1) is 0 Å². The van der Waals surface area contributed by atoms with Crippen LogP contribution < -0.4 is 10.2 Å². The van der Waals surface area contributed by atoms with Crippen LogP contribution in [0, 0.1) is 5.41 Å². The van der Waals surface area contributed by atoms with Crippen molar-refractivity contribution in [2.45, 2.75) is 52.1 Å². The molecule has 1 heterocycles. The minimum Gasteiger partial charge on any atom is -0.370 e. The Balaban J connectivity index is 1.64. The van der Waals surface area contributed by atoms with Crippen LogP contribution in [0.4, 0.5) is 5.69 Å². The van der Waals surface area contributed by atoms with Gasteiger partial charge in [-0.3, -0.25) is 0 Å². The van der Waals surface area contributed by atoms with E-state index in [0.29, 0.717) is 5.41 Å². The quantitative estimate of drug-likeness (QED) is 0.894. The van der Waals surface area contributed by atoms with Gasteiger partial charge in [0.2, 0.25) is 0 Å². The van der Waals surface area contributed by atoms with E-state index in [1.54, 1.807) is 0 Å². The van der Waals surface area contributed by atoms with Gasteiger partial charge in [-0.2, -0.15) is 0 Å². The summed E-state index contributed by atoms with van der Waals surface area (Å²) in [6, 6.07) is 7.30. The van der Waals surface area contributed by atoms with Gasteiger partial charge in [0.05, 0.1) is 10.7 Å². The molecule has 0 aromatic heterocycles. The first-order valence-corrected chi connectivity index (χ1v) is 8.18. The normalized spacial score (nSPS) is 22.1. The average Bonchev–Trinajstić information content (AvgIpc) is 3.21. The smallest absolute Gasteiger partial charge is 0.0642 e. The Hall–Kier alpha value is -0.730. The van der Waals surface area contributed by atoms with Gasteiger partial charge in [0.15, 0.2) is 0 Å². The summed E-state index contributed by atoms with van der Waals surface area (Å²) in [7, 11) is 0. The Morgan fingerprint density at radius 2 is 1.95 bits per heavy atom. The van der Waals surface area contributed by atoms with Gasteiger partial charge in [0.25, 0.3) is 0 Å². The lowest BCUT2D eigenvalue weighted by Crippen LogP contribution is -2.37. The van der Waals surface area contributed by atoms with E-state index in [1.807, 2.05) is 0 Å². The number of hydrogen-bond acceptors (Lipinski definition) is 2. The van der Waals surface area contributed by atoms with Crippen LogP contribution in [-0.4, -0.2) is 19.1 Å². The number of nitrogens with zero attached hydrogens (tertiary/aromatic N) is 1. The van der Waals surface area contributed by atoms with E-state index >= 15 is 0 Å². The third kappa shape index (κ3) is 3.48. The molecule has 20 heavy (non-hydrogen) atoms.